The number of carbonyl (C=O) groups excluding carboxylic acids is 1. The van der Waals surface area contributed by atoms with Gasteiger partial charge in [-0.1, -0.05) is 11.6 Å². The van der Waals surface area contributed by atoms with Crippen molar-refractivity contribution in [1.82, 2.24) is 14.8 Å². The maximum atomic E-state index is 12.6. The second-order valence-corrected chi connectivity index (χ2v) is 8.01. The zero-order chi connectivity index (χ0) is 21.4. The molecule has 0 N–H and O–H groups in total. The monoisotopic (exact) mass is 443 g/mol. The number of fused-ring (bicyclic) bond motifs is 1. The number of oxazole rings is 1. The summed E-state index contributed by atoms with van der Waals surface area (Å²) in [7, 11) is 0. The van der Waals surface area contributed by atoms with E-state index in [0.29, 0.717) is 53.4 Å². The van der Waals surface area contributed by atoms with Crippen molar-refractivity contribution in [2.75, 3.05) is 33.0 Å². The summed E-state index contributed by atoms with van der Waals surface area (Å²) in [5.74, 6) is 2.77. The highest BCUT2D eigenvalue weighted by Gasteiger charge is 2.24. The second-order valence-electron chi connectivity index (χ2n) is 7.61. The number of halogens is 1. The van der Waals surface area contributed by atoms with Gasteiger partial charge in [-0.25, -0.2) is 4.98 Å². The maximum Gasteiger partial charge on any atom is 0.289 e. The van der Waals surface area contributed by atoms with Crippen molar-refractivity contribution in [2.24, 2.45) is 0 Å². The lowest BCUT2D eigenvalue weighted by atomic mass is 10.2. The van der Waals surface area contributed by atoms with Crippen LogP contribution in [-0.4, -0.2) is 53.7 Å². The van der Waals surface area contributed by atoms with Crippen LogP contribution in [0.3, 0.4) is 0 Å². The van der Waals surface area contributed by atoms with Crippen LogP contribution < -0.4 is 9.47 Å². The molecule has 2 aliphatic rings. The van der Waals surface area contributed by atoms with Crippen LogP contribution in [0.2, 0.25) is 5.02 Å². The van der Waals surface area contributed by atoms with Gasteiger partial charge >= 0.3 is 0 Å². The number of rotatable bonds is 4. The third-order valence-corrected chi connectivity index (χ3v) is 5.88. The summed E-state index contributed by atoms with van der Waals surface area (Å²) < 4.78 is 22.0. The first-order valence-electron chi connectivity index (χ1n) is 10.2. The molecule has 2 aliphatic heterocycles. The molecule has 1 saturated heterocycles. The summed E-state index contributed by atoms with van der Waals surface area (Å²) in [5, 5.41) is 0.499. The van der Waals surface area contributed by atoms with E-state index in [2.05, 4.69) is 4.90 Å². The Labute approximate surface area is 184 Å². The Kier molecular flexibility index (Phi) is 5.33. The molecule has 1 fully saturated rings. The predicted molar refractivity (Wildman–Crippen MR) is 112 cm³/mol. The van der Waals surface area contributed by atoms with Gasteiger partial charge in [0.15, 0.2) is 17.3 Å². The summed E-state index contributed by atoms with van der Waals surface area (Å²) in [6, 6.07) is 6.95. The average Bonchev–Trinajstić information content (AvgIpc) is 3.47. The number of amides is 1. The summed E-state index contributed by atoms with van der Waals surface area (Å²) in [6.07, 6.45) is 2.40. The minimum absolute atomic E-state index is 0.0656. The number of aryl methyl sites for hydroxylation is 1. The van der Waals surface area contributed by atoms with Gasteiger partial charge in [0.2, 0.25) is 12.7 Å². The highest BCUT2D eigenvalue weighted by molar-refractivity contribution is 6.33. The molecule has 0 saturated carbocycles. The zero-order valence-electron chi connectivity index (χ0n) is 17.1. The van der Waals surface area contributed by atoms with E-state index in [1.807, 2.05) is 11.8 Å². The summed E-state index contributed by atoms with van der Waals surface area (Å²) in [4.78, 5) is 21.4. The Morgan fingerprint density at radius 1 is 1.16 bits per heavy atom. The molecule has 3 aromatic rings. The molecule has 1 aromatic carbocycles. The molecule has 0 spiro atoms. The first-order chi connectivity index (χ1) is 15.1. The smallest absolute Gasteiger partial charge is 0.289 e. The molecule has 4 heterocycles. The number of aromatic nitrogens is 1. The SMILES string of the molecule is Cc1oc(-c2cc3c(cc2Cl)OCO3)nc1CN1CCCN(C(=O)c2ccco2)CC1. The fraction of sp³-hybridized carbons (Fsp3) is 0.364. The van der Waals surface area contributed by atoms with E-state index in [1.54, 1.807) is 24.3 Å². The van der Waals surface area contributed by atoms with Crippen molar-refractivity contribution in [3.63, 3.8) is 0 Å². The van der Waals surface area contributed by atoms with E-state index in [1.165, 1.54) is 6.26 Å². The molecular formula is C22H22ClN3O5. The van der Waals surface area contributed by atoms with E-state index in [9.17, 15) is 4.79 Å². The third-order valence-electron chi connectivity index (χ3n) is 5.57. The zero-order valence-corrected chi connectivity index (χ0v) is 17.9. The number of hydrogen-bond donors (Lipinski definition) is 0. The molecule has 0 aliphatic carbocycles. The molecule has 2 aromatic heterocycles. The molecule has 0 atom stereocenters. The Morgan fingerprint density at radius 3 is 2.81 bits per heavy atom. The van der Waals surface area contributed by atoms with E-state index < -0.39 is 0 Å². The molecule has 8 nitrogen and oxygen atoms in total. The predicted octanol–water partition coefficient (Wildman–Crippen LogP) is 3.97. The van der Waals surface area contributed by atoms with Gasteiger partial charge in [0.25, 0.3) is 5.91 Å². The van der Waals surface area contributed by atoms with Crippen molar-refractivity contribution >= 4 is 17.5 Å². The molecule has 5 rings (SSSR count). The van der Waals surface area contributed by atoms with Gasteiger partial charge in [0, 0.05) is 38.8 Å². The number of benzene rings is 1. The fourth-order valence-corrected chi connectivity index (χ4v) is 4.11. The highest BCUT2D eigenvalue weighted by Crippen LogP contribution is 2.41. The molecule has 1 amide bonds. The third kappa shape index (κ3) is 4.00. The number of furan rings is 1. The summed E-state index contributed by atoms with van der Waals surface area (Å²) >= 11 is 6.41. The normalized spacial score (nSPS) is 16.5. The number of hydrogen-bond acceptors (Lipinski definition) is 7. The molecule has 0 radical (unpaired) electrons. The molecule has 31 heavy (non-hydrogen) atoms. The van der Waals surface area contributed by atoms with Gasteiger partial charge in [0.05, 0.1) is 22.5 Å². The van der Waals surface area contributed by atoms with Crippen LogP contribution in [0.1, 0.15) is 28.4 Å². The Balaban J connectivity index is 1.28. The van der Waals surface area contributed by atoms with Gasteiger partial charge in [-0.15, -0.1) is 0 Å². The second kappa shape index (κ2) is 8.28. The van der Waals surface area contributed by atoms with Gasteiger partial charge in [-0.05, 0) is 31.5 Å². The lowest BCUT2D eigenvalue weighted by Crippen LogP contribution is -2.35. The number of nitrogens with zero attached hydrogens (tertiary/aromatic N) is 3. The lowest BCUT2D eigenvalue weighted by Gasteiger charge is -2.20. The largest absolute Gasteiger partial charge is 0.459 e. The highest BCUT2D eigenvalue weighted by atomic mass is 35.5. The van der Waals surface area contributed by atoms with Crippen LogP contribution >= 0.6 is 11.6 Å². The van der Waals surface area contributed by atoms with Gasteiger partial charge in [0.1, 0.15) is 5.76 Å². The minimum Gasteiger partial charge on any atom is -0.459 e. The summed E-state index contributed by atoms with van der Waals surface area (Å²) in [6.45, 7) is 5.67. The van der Waals surface area contributed by atoms with Crippen molar-refractivity contribution in [1.29, 1.82) is 0 Å². The molecule has 0 unspecified atom stereocenters. The van der Waals surface area contributed by atoms with Gasteiger partial charge < -0.3 is 23.2 Å². The van der Waals surface area contributed by atoms with Crippen LogP contribution in [-0.2, 0) is 6.54 Å². The minimum atomic E-state index is -0.0656. The number of carbonyl (C=O) groups is 1. The summed E-state index contributed by atoms with van der Waals surface area (Å²) in [5.41, 5.74) is 1.53. The molecule has 0 bridgehead atoms. The molecular weight excluding hydrogens is 422 g/mol. The van der Waals surface area contributed by atoms with Crippen molar-refractivity contribution in [3.05, 3.63) is 52.8 Å². The van der Waals surface area contributed by atoms with Crippen LogP contribution in [0.5, 0.6) is 11.5 Å². The van der Waals surface area contributed by atoms with E-state index in [0.717, 1.165) is 31.0 Å². The van der Waals surface area contributed by atoms with Crippen LogP contribution in [0.15, 0.2) is 39.4 Å². The van der Waals surface area contributed by atoms with Crippen molar-refractivity contribution in [2.45, 2.75) is 19.9 Å². The van der Waals surface area contributed by atoms with Crippen molar-refractivity contribution < 1.29 is 23.1 Å². The molecule has 9 heteroatoms. The molecule has 162 valence electrons. The lowest BCUT2D eigenvalue weighted by molar-refractivity contribution is 0.0729. The average molecular weight is 444 g/mol. The van der Waals surface area contributed by atoms with Gasteiger partial charge in [-0.3, -0.25) is 9.69 Å². The topological polar surface area (TPSA) is 81.2 Å². The van der Waals surface area contributed by atoms with E-state index in [4.69, 9.17) is 34.9 Å². The fourth-order valence-electron chi connectivity index (χ4n) is 3.87. The van der Waals surface area contributed by atoms with Crippen molar-refractivity contribution in [3.8, 4) is 23.0 Å². The van der Waals surface area contributed by atoms with E-state index >= 15 is 0 Å². The standard InChI is InChI=1S/C22H22ClN3O5/c1-14-17(24-21(31-14)15-10-19-20(11-16(15)23)30-13-29-19)12-25-5-3-6-26(8-7-25)22(27)18-4-2-9-28-18/h2,4,9-11H,3,5-8,12-13H2,1H3. The Hall–Kier alpha value is -2.97. The van der Waals surface area contributed by atoms with Gasteiger partial charge in [-0.2, -0.15) is 0 Å². The Morgan fingerprint density at radius 2 is 2.00 bits per heavy atom. The van der Waals surface area contributed by atoms with Crippen LogP contribution in [0.25, 0.3) is 11.5 Å². The van der Waals surface area contributed by atoms with Crippen LogP contribution in [0.4, 0.5) is 0 Å². The Bertz CT molecular complexity index is 1100. The first kappa shape index (κ1) is 20.0. The van der Waals surface area contributed by atoms with E-state index in [-0.39, 0.29) is 12.7 Å². The van der Waals surface area contributed by atoms with Crippen LogP contribution in [0, 0.1) is 6.92 Å². The quantitative estimate of drug-likeness (QED) is 0.603. The number of ether oxygens (including phenoxy) is 2. The maximum absolute atomic E-state index is 12.6. The first-order valence-corrected chi connectivity index (χ1v) is 10.6.